The van der Waals surface area contributed by atoms with Gasteiger partial charge in [0.1, 0.15) is 5.58 Å². The van der Waals surface area contributed by atoms with Crippen molar-refractivity contribution >= 4 is 22.8 Å². The quantitative estimate of drug-likeness (QED) is 0.817. The van der Waals surface area contributed by atoms with E-state index in [1.54, 1.807) is 18.1 Å². The number of ether oxygens (including phenoxy) is 1. The number of fused-ring (bicyclic) bond motifs is 1. The lowest BCUT2D eigenvalue weighted by atomic mass is 9.95. The SMILES string of the molecule is COCCCNC(=O)C1CCN(C(=O)c2cc3ccccc3o2)CC1. The van der Waals surface area contributed by atoms with Gasteiger partial charge >= 0.3 is 0 Å². The molecule has 1 aromatic heterocycles. The second-order valence-electron chi connectivity index (χ2n) is 6.35. The van der Waals surface area contributed by atoms with Crippen molar-refractivity contribution in [1.29, 1.82) is 0 Å². The van der Waals surface area contributed by atoms with Crippen LogP contribution in [0.4, 0.5) is 0 Å². The van der Waals surface area contributed by atoms with E-state index in [1.165, 1.54) is 0 Å². The highest BCUT2D eigenvalue weighted by atomic mass is 16.5. The van der Waals surface area contributed by atoms with Gasteiger partial charge < -0.3 is 19.4 Å². The van der Waals surface area contributed by atoms with Gasteiger partial charge in [-0.15, -0.1) is 0 Å². The van der Waals surface area contributed by atoms with E-state index in [0.29, 0.717) is 44.8 Å². The summed E-state index contributed by atoms with van der Waals surface area (Å²) in [5.41, 5.74) is 0.719. The summed E-state index contributed by atoms with van der Waals surface area (Å²) >= 11 is 0. The first-order valence-electron chi connectivity index (χ1n) is 8.73. The first-order valence-corrected chi connectivity index (χ1v) is 8.73. The van der Waals surface area contributed by atoms with E-state index in [1.807, 2.05) is 24.3 Å². The van der Waals surface area contributed by atoms with Gasteiger partial charge in [-0.3, -0.25) is 9.59 Å². The number of hydrogen-bond donors (Lipinski definition) is 1. The Bertz CT molecular complexity index is 699. The molecule has 3 rings (SSSR count). The third kappa shape index (κ3) is 4.20. The lowest BCUT2D eigenvalue weighted by molar-refractivity contribution is -0.126. The number of piperidine rings is 1. The number of nitrogens with one attached hydrogen (secondary N) is 1. The Morgan fingerprint density at radius 1 is 1.28 bits per heavy atom. The molecule has 1 aliphatic heterocycles. The van der Waals surface area contributed by atoms with Crippen molar-refractivity contribution < 1.29 is 18.7 Å². The van der Waals surface area contributed by atoms with Gasteiger partial charge in [0.05, 0.1) is 0 Å². The second kappa shape index (κ2) is 8.16. The molecule has 0 radical (unpaired) electrons. The molecule has 0 saturated carbocycles. The maximum absolute atomic E-state index is 12.6. The Morgan fingerprint density at radius 3 is 2.76 bits per heavy atom. The Balaban J connectivity index is 1.51. The van der Waals surface area contributed by atoms with Crippen LogP contribution in [0, 0.1) is 5.92 Å². The van der Waals surface area contributed by atoms with Gasteiger partial charge in [0, 0.05) is 44.7 Å². The van der Waals surface area contributed by atoms with Gasteiger partial charge in [0.25, 0.3) is 5.91 Å². The maximum Gasteiger partial charge on any atom is 0.289 e. The number of para-hydroxylation sites is 1. The minimum atomic E-state index is -0.102. The van der Waals surface area contributed by atoms with Crippen molar-refractivity contribution in [3.63, 3.8) is 0 Å². The van der Waals surface area contributed by atoms with Crippen molar-refractivity contribution in [3.8, 4) is 0 Å². The van der Waals surface area contributed by atoms with Crippen LogP contribution in [0.1, 0.15) is 29.8 Å². The van der Waals surface area contributed by atoms with Crippen LogP contribution in [0.25, 0.3) is 11.0 Å². The molecule has 2 aromatic rings. The van der Waals surface area contributed by atoms with Crippen molar-refractivity contribution in [2.45, 2.75) is 19.3 Å². The van der Waals surface area contributed by atoms with Crippen molar-refractivity contribution in [2.75, 3.05) is 33.4 Å². The Morgan fingerprint density at radius 2 is 2.04 bits per heavy atom. The van der Waals surface area contributed by atoms with Gasteiger partial charge in [-0.2, -0.15) is 0 Å². The number of carbonyl (C=O) groups excluding carboxylic acids is 2. The molecule has 6 nitrogen and oxygen atoms in total. The lowest BCUT2D eigenvalue weighted by Crippen LogP contribution is -2.43. The molecule has 1 saturated heterocycles. The molecule has 134 valence electrons. The second-order valence-corrected chi connectivity index (χ2v) is 6.35. The highest BCUT2D eigenvalue weighted by Crippen LogP contribution is 2.23. The van der Waals surface area contributed by atoms with Crippen LogP contribution in [0.5, 0.6) is 0 Å². The first-order chi connectivity index (χ1) is 12.2. The number of likely N-dealkylation sites (tertiary alicyclic amines) is 1. The zero-order valence-electron chi connectivity index (χ0n) is 14.5. The molecular weight excluding hydrogens is 320 g/mol. The molecule has 0 atom stereocenters. The van der Waals surface area contributed by atoms with E-state index >= 15 is 0 Å². The van der Waals surface area contributed by atoms with E-state index in [4.69, 9.17) is 9.15 Å². The highest BCUT2D eigenvalue weighted by molar-refractivity contribution is 5.96. The molecule has 1 N–H and O–H groups in total. The van der Waals surface area contributed by atoms with E-state index in [2.05, 4.69) is 5.32 Å². The number of hydrogen-bond acceptors (Lipinski definition) is 4. The largest absolute Gasteiger partial charge is 0.451 e. The molecule has 1 fully saturated rings. The molecule has 6 heteroatoms. The molecular formula is C19H24N2O4. The zero-order valence-corrected chi connectivity index (χ0v) is 14.5. The Kier molecular flexibility index (Phi) is 5.71. The molecule has 0 spiro atoms. The number of nitrogens with zero attached hydrogens (tertiary/aromatic N) is 1. The normalized spacial score (nSPS) is 15.5. The van der Waals surface area contributed by atoms with Crippen LogP contribution < -0.4 is 5.32 Å². The number of methoxy groups -OCH3 is 1. The zero-order chi connectivity index (χ0) is 17.6. The standard InChI is InChI=1S/C19H24N2O4/c1-24-12-4-9-20-18(22)14-7-10-21(11-8-14)19(23)17-13-15-5-2-3-6-16(15)25-17/h2-3,5-6,13-14H,4,7-12H2,1H3,(H,20,22). The van der Waals surface area contributed by atoms with E-state index in [0.717, 1.165) is 17.4 Å². The average Bonchev–Trinajstić information content (AvgIpc) is 3.09. The number of amides is 2. The third-order valence-electron chi connectivity index (χ3n) is 4.61. The van der Waals surface area contributed by atoms with Crippen molar-refractivity contribution in [2.24, 2.45) is 5.92 Å². The van der Waals surface area contributed by atoms with Crippen molar-refractivity contribution in [1.82, 2.24) is 10.2 Å². The minimum Gasteiger partial charge on any atom is -0.451 e. The lowest BCUT2D eigenvalue weighted by Gasteiger charge is -2.30. The fraction of sp³-hybridized carbons (Fsp3) is 0.474. The molecule has 0 unspecified atom stereocenters. The van der Waals surface area contributed by atoms with Gasteiger partial charge in [-0.25, -0.2) is 0 Å². The Labute approximate surface area is 147 Å². The maximum atomic E-state index is 12.6. The topological polar surface area (TPSA) is 71.8 Å². The summed E-state index contributed by atoms with van der Waals surface area (Å²) < 4.78 is 10.6. The molecule has 1 aromatic carbocycles. The predicted octanol–water partition coefficient (Wildman–Crippen LogP) is 2.44. The summed E-state index contributed by atoms with van der Waals surface area (Å²) in [6.45, 7) is 2.42. The van der Waals surface area contributed by atoms with Crippen LogP contribution in [0.15, 0.2) is 34.7 Å². The number of furan rings is 1. The average molecular weight is 344 g/mol. The molecule has 0 bridgehead atoms. The number of carbonyl (C=O) groups is 2. The smallest absolute Gasteiger partial charge is 0.289 e. The molecule has 0 aliphatic carbocycles. The molecule has 2 amide bonds. The fourth-order valence-electron chi connectivity index (χ4n) is 3.16. The monoisotopic (exact) mass is 344 g/mol. The summed E-state index contributed by atoms with van der Waals surface area (Å²) in [6.07, 6.45) is 2.18. The van der Waals surface area contributed by atoms with E-state index < -0.39 is 0 Å². The summed E-state index contributed by atoms with van der Waals surface area (Å²) in [4.78, 5) is 26.5. The fourth-order valence-corrected chi connectivity index (χ4v) is 3.16. The summed E-state index contributed by atoms with van der Waals surface area (Å²) in [7, 11) is 1.65. The third-order valence-corrected chi connectivity index (χ3v) is 4.61. The van der Waals surface area contributed by atoms with Crippen LogP contribution in [0.2, 0.25) is 0 Å². The predicted molar refractivity (Wildman–Crippen MR) is 94.3 cm³/mol. The summed E-state index contributed by atoms with van der Waals surface area (Å²) in [5, 5.41) is 3.87. The van der Waals surface area contributed by atoms with Crippen molar-refractivity contribution in [3.05, 3.63) is 36.1 Å². The van der Waals surface area contributed by atoms with Crippen LogP contribution in [-0.2, 0) is 9.53 Å². The highest BCUT2D eigenvalue weighted by Gasteiger charge is 2.28. The van der Waals surface area contributed by atoms with E-state index in [9.17, 15) is 9.59 Å². The number of rotatable bonds is 6. The van der Waals surface area contributed by atoms with Gasteiger partial charge in [-0.05, 0) is 31.4 Å². The van der Waals surface area contributed by atoms with Crippen LogP contribution >= 0.6 is 0 Å². The van der Waals surface area contributed by atoms with Gasteiger partial charge in [-0.1, -0.05) is 18.2 Å². The Hall–Kier alpha value is -2.34. The summed E-state index contributed by atoms with van der Waals surface area (Å²) in [5.74, 6) is 0.313. The number of benzene rings is 1. The first kappa shape index (κ1) is 17.5. The molecule has 2 heterocycles. The molecule has 1 aliphatic rings. The minimum absolute atomic E-state index is 0.0257. The van der Waals surface area contributed by atoms with Crippen LogP contribution in [-0.4, -0.2) is 50.1 Å². The van der Waals surface area contributed by atoms with Crippen LogP contribution in [0.3, 0.4) is 0 Å². The van der Waals surface area contributed by atoms with Gasteiger partial charge in [0.15, 0.2) is 5.76 Å². The van der Waals surface area contributed by atoms with Gasteiger partial charge in [0.2, 0.25) is 5.91 Å². The molecule has 25 heavy (non-hydrogen) atoms. The summed E-state index contributed by atoms with van der Waals surface area (Å²) in [6, 6.07) is 9.37. The van der Waals surface area contributed by atoms with E-state index in [-0.39, 0.29) is 17.7 Å².